The highest BCUT2D eigenvalue weighted by Crippen LogP contribution is 2.43. The second-order valence-corrected chi connectivity index (χ2v) is 9.94. The molecule has 0 radical (unpaired) electrons. The molecular formula is C24H35NO. The van der Waals surface area contributed by atoms with Crippen molar-refractivity contribution in [2.24, 2.45) is 17.3 Å². The fraction of sp³-hybridized carbons (Fsp3) is 0.625. The third-order valence-corrected chi connectivity index (χ3v) is 5.84. The van der Waals surface area contributed by atoms with Gasteiger partial charge in [-0.25, -0.2) is 0 Å². The average molecular weight is 354 g/mol. The molecule has 1 aliphatic heterocycles. The Kier molecular flexibility index (Phi) is 5.33. The maximum atomic E-state index is 13.2. The van der Waals surface area contributed by atoms with Crippen LogP contribution < -0.4 is 0 Å². The van der Waals surface area contributed by atoms with Crippen LogP contribution in [0.15, 0.2) is 29.8 Å². The van der Waals surface area contributed by atoms with E-state index in [0.717, 1.165) is 25.8 Å². The molecule has 142 valence electrons. The molecule has 3 rings (SSSR count). The summed E-state index contributed by atoms with van der Waals surface area (Å²) in [5, 5.41) is 0. The Morgan fingerprint density at radius 2 is 1.88 bits per heavy atom. The minimum absolute atomic E-state index is 0.264. The van der Waals surface area contributed by atoms with Crippen LogP contribution in [0.1, 0.15) is 71.9 Å². The van der Waals surface area contributed by atoms with Crippen molar-refractivity contribution in [2.75, 3.05) is 6.54 Å². The van der Waals surface area contributed by atoms with Gasteiger partial charge in [-0.2, -0.15) is 0 Å². The predicted octanol–water partition coefficient (Wildman–Crippen LogP) is 5.72. The fourth-order valence-electron chi connectivity index (χ4n) is 5.17. The van der Waals surface area contributed by atoms with Crippen LogP contribution in [0.5, 0.6) is 0 Å². The Hall–Kier alpha value is -1.57. The number of carbonyl (C=O) groups is 1. The Labute approximate surface area is 159 Å². The molecular weight excluding hydrogens is 318 g/mol. The summed E-state index contributed by atoms with van der Waals surface area (Å²) < 4.78 is 0. The summed E-state index contributed by atoms with van der Waals surface area (Å²) >= 11 is 0. The first kappa shape index (κ1) is 19.2. The quantitative estimate of drug-likeness (QED) is 0.678. The highest BCUT2D eigenvalue weighted by Gasteiger charge is 2.38. The highest BCUT2D eigenvalue weighted by molar-refractivity contribution is 5.83. The first-order valence-corrected chi connectivity index (χ1v) is 10.3. The number of fused-ring (bicyclic) bond motifs is 2. The molecule has 1 heterocycles. The monoisotopic (exact) mass is 353 g/mol. The maximum absolute atomic E-state index is 13.2. The molecule has 26 heavy (non-hydrogen) atoms. The van der Waals surface area contributed by atoms with Crippen molar-refractivity contribution in [2.45, 2.75) is 73.3 Å². The lowest BCUT2D eigenvalue weighted by Crippen LogP contribution is -2.47. The molecule has 1 aromatic rings. The van der Waals surface area contributed by atoms with E-state index in [1.54, 1.807) is 0 Å². The molecule has 0 fully saturated rings. The van der Waals surface area contributed by atoms with Crippen LogP contribution >= 0.6 is 0 Å². The van der Waals surface area contributed by atoms with Gasteiger partial charge in [0.2, 0.25) is 5.91 Å². The van der Waals surface area contributed by atoms with Crippen molar-refractivity contribution < 1.29 is 4.79 Å². The Morgan fingerprint density at radius 3 is 2.54 bits per heavy atom. The zero-order valence-corrected chi connectivity index (χ0v) is 17.4. The Bertz CT molecular complexity index is 707. The van der Waals surface area contributed by atoms with Gasteiger partial charge in [0.25, 0.3) is 0 Å². The van der Waals surface area contributed by atoms with Crippen molar-refractivity contribution in [3.8, 4) is 0 Å². The largest absolute Gasteiger partial charge is 0.335 e. The molecule has 1 amide bonds. The summed E-state index contributed by atoms with van der Waals surface area (Å²) in [4.78, 5) is 15.4. The summed E-state index contributed by atoms with van der Waals surface area (Å²) in [6.45, 7) is 14.4. The predicted molar refractivity (Wildman–Crippen MR) is 110 cm³/mol. The summed E-state index contributed by atoms with van der Waals surface area (Å²) in [6.07, 6.45) is 3.80. The van der Waals surface area contributed by atoms with Gasteiger partial charge >= 0.3 is 0 Å². The maximum Gasteiger partial charge on any atom is 0.223 e. The first-order chi connectivity index (χ1) is 12.2. The van der Waals surface area contributed by atoms with Crippen LogP contribution in [0.3, 0.4) is 0 Å². The van der Waals surface area contributed by atoms with Crippen molar-refractivity contribution in [3.63, 3.8) is 0 Å². The third kappa shape index (κ3) is 3.89. The number of rotatable bonds is 4. The molecule has 0 N–H and O–H groups in total. The van der Waals surface area contributed by atoms with Crippen molar-refractivity contribution in [1.29, 1.82) is 0 Å². The first-order valence-electron chi connectivity index (χ1n) is 10.3. The number of hydrogen-bond donors (Lipinski definition) is 0. The van der Waals surface area contributed by atoms with Gasteiger partial charge in [0.1, 0.15) is 0 Å². The van der Waals surface area contributed by atoms with Gasteiger partial charge in [0, 0.05) is 13.0 Å². The van der Waals surface area contributed by atoms with Crippen LogP contribution in [0, 0.1) is 17.3 Å². The average Bonchev–Trinajstić information content (AvgIpc) is 2.90. The van der Waals surface area contributed by atoms with Crippen LogP contribution in [-0.4, -0.2) is 23.4 Å². The molecule has 2 unspecified atom stereocenters. The molecule has 2 heteroatoms. The van der Waals surface area contributed by atoms with Gasteiger partial charge in [-0.3, -0.25) is 4.79 Å². The molecule has 1 aliphatic carbocycles. The summed E-state index contributed by atoms with van der Waals surface area (Å²) in [5.74, 6) is 1.24. The molecule has 2 aliphatic rings. The van der Waals surface area contributed by atoms with E-state index in [9.17, 15) is 4.79 Å². The van der Waals surface area contributed by atoms with Crippen LogP contribution in [0.25, 0.3) is 5.57 Å². The van der Waals surface area contributed by atoms with Gasteiger partial charge in [-0.05, 0) is 58.8 Å². The van der Waals surface area contributed by atoms with E-state index in [0.29, 0.717) is 24.2 Å². The Balaban J connectivity index is 1.79. The van der Waals surface area contributed by atoms with E-state index in [1.165, 1.54) is 22.3 Å². The van der Waals surface area contributed by atoms with E-state index < -0.39 is 0 Å². The summed E-state index contributed by atoms with van der Waals surface area (Å²) in [7, 11) is 0. The topological polar surface area (TPSA) is 20.3 Å². The molecule has 1 aromatic carbocycles. The lowest BCUT2D eigenvalue weighted by Gasteiger charge is -2.40. The van der Waals surface area contributed by atoms with Gasteiger partial charge < -0.3 is 4.90 Å². The molecule has 0 saturated carbocycles. The summed E-state index contributed by atoms with van der Waals surface area (Å²) in [6, 6.07) is 9.06. The smallest absolute Gasteiger partial charge is 0.223 e. The van der Waals surface area contributed by atoms with Crippen LogP contribution in [0.2, 0.25) is 0 Å². The standard InChI is InChI=1S/C24H35NO/c1-16(2)23-21-14-18-9-7-8-10-19(18)20(21)11-12-25(23)22(26)13-17(3)15-24(4,5)6/h7-10,16-17,23H,11-15H2,1-6H3. The highest BCUT2D eigenvalue weighted by atomic mass is 16.2. The van der Waals surface area contributed by atoms with E-state index >= 15 is 0 Å². The van der Waals surface area contributed by atoms with Crippen molar-refractivity contribution >= 4 is 11.5 Å². The third-order valence-electron chi connectivity index (χ3n) is 5.84. The van der Waals surface area contributed by atoms with E-state index in [1.807, 2.05) is 0 Å². The molecule has 0 bridgehead atoms. The number of carbonyl (C=O) groups excluding carboxylic acids is 1. The summed E-state index contributed by atoms with van der Waals surface area (Å²) in [5.41, 5.74) is 6.18. The number of hydrogen-bond acceptors (Lipinski definition) is 1. The van der Waals surface area contributed by atoms with Crippen molar-refractivity contribution in [1.82, 2.24) is 4.90 Å². The number of amides is 1. The normalized spacial score (nSPS) is 21.0. The lowest BCUT2D eigenvalue weighted by molar-refractivity contribution is -0.135. The second-order valence-electron chi connectivity index (χ2n) is 9.94. The number of nitrogens with zero attached hydrogens (tertiary/aromatic N) is 1. The lowest BCUT2D eigenvalue weighted by atomic mass is 9.83. The zero-order chi connectivity index (χ0) is 19.1. The minimum Gasteiger partial charge on any atom is -0.335 e. The fourth-order valence-corrected chi connectivity index (χ4v) is 5.17. The molecule has 2 atom stereocenters. The van der Waals surface area contributed by atoms with Gasteiger partial charge in [0.05, 0.1) is 6.04 Å². The van der Waals surface area contributed by atoms with E-state index in [2.05, 4.69) is 70.7 Å². The molecule has 0 saturated heterocycles. The minimum atomic E-state index is 0.264. The van der Waals surface area contributed by atoms with Crippen LogP contribution in [0.4, 0.5) is 0 Å². The molecule has 2 nitrogen and oxygen atoms in total. The Morgan fingerprint density at radius 1 is 1.19 bits per heavy atom. The molecule has 0 spiro atoms. The number of benzene rings is 1. The zero-order valence-electron chi connectivity index (χ0n) is 17.4. The SMILES string of the molecule is CC(CC(=O)N1CCC2=C(Cc3ccccc32)C1C(C)C)CC(C)(C)C. The van der Waals surface area contributed by atoms with Gasteiger partial charge in [0.15, 0.2) is 0 Å². The van der Waals surface area contributed by atoms with E-state index in [-0.39, 0.29) is 11.5 Å². The van der Waals surface area contributed by atoms with Gasteiger partial charge in [-0.15, -0.1) is 0 Å². The van der Waals surface area contributed by atoms with E-state index in [4.69, 9.17) is 0 Å². The molecule has 0 aromatic heterocycles. The van der Waals surface area contributed by atoms with Gasteiger partial charge in [-0.1, -0.05) is 65.8 Å². The van der Waals surface area contributed by atoms with Crippen molar-refractivity contribution in [3.05, 3.63) is 41.0 Å². The van der Waals surface area contributed by atoms with Crippen LogP contribution in [-0.2, 0) is 11.2 Å². The second kappa shape index (κ2) is 7.21.